The molecule has 1 rings (SSSR count). The molecule has 114 valence electrons. The lowest BCUT2D eigenvalue weighted by molar-refractivity contribution is -0.143. The van der Waals surface area contributed by atoms with Crippen molar-refractivity contribution in [3.05, 3.63) is 11.1 Å². The number of methoxy groups -OCH3 is 1. The standard InChI is InChI=1S/C14H24N2O3S/c1-3-19-13(17)8-7-12-11-20-14(16-12)15-9-5-4-6-10-18-2/h11H,3-10H2,1-2H3,(H,15,16). The van der Waals surface area contributed by atoms with Gasteiger partial charge in [-0.25, -0.2) is 4.98 Å². The number of esters is 1. The average Bonchev–Trinajstić information content (AvgIpc) is 2.89. The predicted molar refractivity (Wildman–Crippen MR) is 81.3 cm³/mol. The highest BCUT2D eigenvalue weighted by molar-refractivity contribution is 7.13. The van der Waals surface area contributed by atoms with Gasteiger partial charge < -0.3 is 14.8 Å². The first-order valence-electron chi connectivity index (χ1n) is 7.09. The van der Waals surface area contributed by atoms with Crippen molar-refractivity contribution in [2.75, 3.05) is 32.2 Å². The van der Waals surface area contributed by atoms with E-state index in [0.29, 0.717) is 19.4 Å². The molecular weight excluding hydrogens is 276 g/mol. The van der Waals surface area contributed by atoms with E-state index in [2.05, 4.69) is 10.3 Å². The molecular formula is C14H24N2O3S. The molecule has 0 aliphatic carbocycles. The van der Waals surface area contributed by atoms with E-state index in [9.17, 15) is 4.79 Å². The molecule has 0 unspecified atom stereocenters. The third-order valence-electron chi connectivity index (χ3n) is 2.74. The zero-order valence-electron chi connectivity index (χ0n) is 12.3. The Kier molecular flexibility index (Phi) is 8.98. The maximum Gasteiger partial charge on any atom is 0.306 e. The first kappa shape index (κ1) is 16.9. The number of hydrogen-bond acceptors (Lipinski definition) is 6. The Balaban J connectivity index is 2.14. The molecule has 0 aromatic carbocycles. The molecule has 5 nitrogen and oxygen atoms in total. The Hall–Kier alpha value is -1.14. The van der Waals surface area contributed by atoms with E-state index in [1.54, 1.807) is 18.4 Å². The number of unbranched alkanes of at least 4 members (excludes halogenated alkanes) is 2. The average molecular weight is 300 g/mol. The number of carbonyl (C=O) groups is 1. The largest absolute Gasteiger partial charge is 0.466 e. The van der Waals surface area contributed by atoms with Crippen LogP contribution in [0.15, 0.2) is 5.38 Å². The Morgan fingerprint density at radius 1 is 1.40 bits per heavy atom. The van der Waals surface area contributed by atoms with Crippen molar-refractivity contribution in [2.24, 2.45) is 0 Å². The second-order valence-corrected chi connectivity index (χ2v) is 5.29. The van der Waals surface area contributed by atoms with Crippen molar-refractivity contribution < 1.29 is 14.3 Å². The highest BCUT2D eigenvalue weighted by atomic mass is 32.1. The van der Waals surface area contributed by atoms with E-state index >= 15 is 0 Å². The number of nitrogens with one attached hydrogen (secondary N) is 1. The number of rotatable bonds is 11. The molecule has 0 amide bonds. The predicted octanol–water partition coefficient (Wildman–Crippen LogP) is 2.87. The summed E-state index contributed by atoms with van der Waals surface area (Å²) in [6.45, 7) is 4.00. The molecule has 1 heterocycles. The maximum absolute atomic E-state index is 11.2. The van der Waals surface area contributed by atoms with E-state index in [4.69, 9.17) is 9.47 Å². The van der Waals surface area contributed by atoms with Gasteiger partial charge in [0.1, 0.15) is 0 Å². The molecule has 1 aromatic rings. The van der Waals surface area contributed by atoms with Gasteiger partial charge in [-0.05, 0) is 26.2 Å². The summed E-state index contributed by atoms with van der Waals surface area (Å²) in [5.41, 5.74) is 0.949. The van der Waals surface area contributed by atoms with E-state index in [1.807, 2.05) is 12.3 Å². The molecule has 0 fully saturated rings. The number of ether oxygens (including phenoxy) is 2. The van der Waals surface area contributed by atoms with Crippen LogP contribution in [0.4, 0.5) is 5.13 Å². The van der Waals surface area contributed by atoms with Crippen LogP contribution >= 0.6 is 11.3 Å². The lowest BCUT2D eigenvalue weighted by Gasteiger charge is -2.02. The minimum Gasteiger partial charge on any atom is -0.466 e. The molecule has 0 bridgehead atoms. The lowest BCUT2D eigenvalue weighted by atomic mass is 10.2. The van der Waals surface area contributed by atoms with Crippen LogP contribution in [0.25, 0.3) is 0 Å². The van der Waals surface area contributed by atoms with Crippen LogP contribution in [0.2, 0.25) is 0 Å². The van der Waals surface area contributed by atoms with Crippen LogP contribution < -0.4 is 5.32 Å². The van der Waals surface area contributed by atoms with Gasteiger partial charge in [-0.2, -0.15) is 0 Å². The van der Waals surface area contributed by atoms with E-state index in [0.717, 1.165) is 43.2 Å². The normalized spacial score (nSPS) is 10.5. The molecule has 0 atom stereocenters. The fourth-order valence-corrected chi connectivity index (χ4v) is 2.48. The minimum atomic E-state index is -0.159. The second-order valence-electron chi connectivity index (χ2n) is 4.43. The van der Waals surface area contributed by atoms with Crippen molar-refractivity contribution >= 4 is 22.4 Å². The van der Waals surface area contributed by atoms with Crippen molar-refractivity contribution in [3.63, 3.8) is 0 Å². The first-order valence-corrected chi connectivity index (χ1v) is 7.97. The highest BCUT2D eigenvalue weighted by Crippen LogP contribution is 2.16. The van der Waals surface area contributed by atoms with Crippen molar-refractivity contribution in [3.8, 4) is 0 Å². The molecule has 0 aliphatic rings. The summed E-state index contributed by atoms with van der Waals surface area (Å²) in [6.07, 6.45) is 4.41. The molecule has 0 radical (unpaired) electrons. The van der Waals surface area contributed by atoms with Crippen LogP contribution in [-0.4, -0.2) is 37.8 Å². The maximum atomic E-state index is 11.2. The number of nitrogens with zero attached hydrogens (tertiary/aromatic N) is 1. The number of aromatic nitrogens is 1. The van der Waals surface area contributed by atoms with Gasteiger partial charge in [-0.1, -0.05) is 0 Å². The minimum absolute atomic E-state index is 0.159. The van der Waals surface area contributed by atoms with E-state index in [-0.39, 0.29) is 5.97 Å². The van der Waals surface area contributed by atoms with Crippen LogP contribution in [0.5, 0.6) is 0 Å². The molecule has 20 heavy (non-hydrogen) atoms. The first-order chi connectivity index (χ1) is 9.76. The van der Waals surface area contributed by atoms with Gasteiger partial charge in [0.15, 0.2) is 5.13 Å². The molecule has 1 N–H and O–H groups in total. The van der Waals surface area contributed by atoms with E-state index in [1.165, 1.54) is 0 Å². The van der Waals surface area contributed by atoms with Crippen molar-refractivity contribution in [1.82, 2.24) is 4.98 Å². The molecule has 0 saturated heterocycles. The van der Waals surface area contributed by atoms with Crippen LogP contribution in [0.3, 0.4) is 0 Å². The highest BCUT2D eigenvalue weighted by Gasteiger charge is 2.06. The Morgan fingerprint density at radius 3 is 3.00 bits per heavy atom. The third-order valence-corrected chi connectivity index (χ3v) is 3.59. The zero-order chi connectivity index (χ0) is 14.6. The van der Waals surface area contributed by atoms with Gasteiger partial charge in [0.2, 0.25) is 0 Å². The number of carbonyl (C=O) groups excluding carboxylic acids is 1. The number of thiazole rings is 1. The molecule has 6 heteroatoms. The Bertz CT molecular complexity index is 382. The van der Waals surface area contributed by atoms with Gasteiger partial charge in [0.25, 0.3) is 0 Å². The smallest absolute Gasteiger partial charge is 0.306 e. The Morgan fingerprint density at radius 2 is 2.25 bits per heavy atom. The monoisotopic (exact) mass is 300 g/mol. The van der Waals surface area contributed by atoms with Crippen molar-refractivity contribution in [1.29, 1.82) is 0 Å². The SMILES string of the molecule is CCOC(=O)CCc1csc(NCCCCCOC)n1. The van der Waals surface area contributed by atoms with Gasteiger partial charge in [0.05, 0.1) is 18.7 Å². The van der Waals surface area contributed by atoms with Crippen molar-refractivity contribution in [2.45, 2.75) is 39.0 Å². The summed E-state index contributed by atoms with van der Waals surface area (Å²) in [6, 6.07) is 0. The number of aryl methyl sites for hydroxylation is 1. The van der Waals surface area contributed by atoms with Crippen LogP contribution in [0, 0.1) is 0 Å². The fraction of sp³-hybridized carbons (Fsp3) is 0.714. The zero-order valence-corrected chi connectivity index (χ0v) is 13.1. The van der Waals surface area contributed by atoms with Gasteiger partial charge in [-0.3, -0.25) is 4.79 Å². The topological polar surface area (TPSA) is 60.5 Å². The lowest BCUT2D eigenvalue weighted by Crippen LogP contribution is -2.05. The van der Waals surface area contributed by atoms with Gasteiger partial charge >= 0.3 is 5.97 Å². The summed E-state index contributed by atoms with van der Waals surface area (Å²) in [7, 11) is 1.73. The summed E-state index contributed by atoms with van der Waals surface area (Å²) < 4.78 is 9.90. The van der Waals surface area contributed by atoms with Gasteiger partial charge in [-0.15, -0.1) is 11.3 Å². The quantitative estimate of drug-likeness (QED) is 0.503. The molecule has 0 aliphatic heterocycles. The van der Waals surface area contributed by atoms with Crippen LogP contribution in [-0.2, 0) is 20.7 Å². The summed E-state index contributed by atoms with van der Waals surface area (Å²) in [5.74, 6) is -0.159. The third kappa shape index (κ3) is 7.45. The van der Waals surface area contributed by atoms with Crippen LogP contribution in [0.1, 0.15) is 38.3 Å². The summed E-state index contributed by atoms with van der Waals surface area (Å²) in [5, 5.41) is 6.22. The van der Waals surface area contributed by atoms with Gasteiger partial charge in [0, 0.05) is 32.1 Å². The number of anilines is 1. The second kappa shape index (κ2) is 10.6. The van der Waals surface area contributed by atoms with E-state index < -0.39 is 0 Å². The molecule has 0 spiro atoms. The fourth-order valence-electron chi connectivity index (χ4n) is 1.71. The Labute approximate surface area is 124 Å². The number of hydrogen-bond donors (Lipinski definition) is 1. The summed E-state index contributed by atoms with van der Waals surface area (Å²) >= 11 is 1.58. The molecule has 0 saturated carbocycles. The molecule has 1 aromatic heterocycles. The summed E-state index contributed by atoms with van der Waals surface area (Å²) in [4.78, 5) is 15.7.